The average molecular weight is 570 g/mol. The number of hydrogen-bond donors (Lipinski definition) is 0. The third kappa shape index (κ3) is 6.11. The van der Waals surface area contributed by atoms with E-state index >= 15 is 0 Å². The molecule has 0 radical (unpaired) electrons. The first-order chi connectivity index (χ1) is 19.8. The predicted molar refractivity (Wildman–Crippen MR) is 172 cm³/mol. The van der Waals surface area contributed by atoms with Crippen LogP contribution in [-0.4, -0.2) is 58.8 Å². The van der Waals surface area contributed by atoms with Gasteiger partial charge in [0.15, 0.2) is 5.82 Å². The number of aromatic nitrogens is 2. The average Bonchev–Trinajstić information content (AvgIpc) is 2.91. The molecule has 3 aromatic rings. The van der Waals surface area contributed by atoms with Gasteiger partial charge in [-0.2, -0.15) is 0 Å². The summed E-state index contributed by atoms with van der Waals surface area (Å²) in [5.74, 6) is 2.27. The van der Waals surface area contributed by atoms with Crippen LogP contribution < -0.4 is 9.80 Å². The Labute approximate surface area is 251 Å². The minimum atomic E-state index is -0.516. The minimum Gasteiger partial charge on any atom is -0.444 e. The topological polar surface area (TPSA) is 61.8 Å². The van der Waals surface area contributed by atoms with Gasteiger partial charge in [-0.1, -0.05) is 44.2 Å². The van der Waals surface area contributed by atoms with Crippen LogP contribution in [0.2, 0.25) is 0 Å². The van der Waals surface area contributed by atoms with E-state index in [0.717, 1.165) is 42.4 Å². The first-order valence-electron chi connectivity index (χ1n) is 15.4. The highest BCUT2D eigenvalue weighted by Crippen LogP contribution is 2.36. The number of benzene rings is 2. The summed E-state index contributed by atoms with van der Waals surface area (Å²) in [6, 6.07) is 13.3. The van der Waals surface area contributed by atoms with E-state index in [1.807, 2.05) is 25.7 Å². The molecule has 7 heteroatoms. The summed E-state index contributed by atoms with van der Waals surface area (Å²) >= 11 is 0. The van der Waals surface area contributed by atoms with Crippen molar-refractivity contribution >= 4 is 17.6 Å². The molecular formula is C35H47N5O2. The van der Waals surface area contributed by atoms with Crippen molar-refractivity contribution in [3.8, 4) is 11.4 Å². The zero-order valence-electron chi connectivity index (χ0n) is 26.9. The molecule has 1 unspecified atom stereocenters. The number of anilines is 2. The van der Waals surface area contributed by atoms with Gasteiger partial charge in [-0.15, -0.1) is 0 Å². The van der Waals surface area contributed by atoms with E-state index in [4.69, 9.17) is 14.7 Å². The van der Waals surface area contributed by atoms with Crippen molar-refractivity contribution in [1.82, 2.24) is 14.9 Å². The Morgan fingerprint density at radius 1 is 0.976 bits per heavy atom. The van der Waals surface area contributed by atoms with Crippen molar-refractivity contribution in [2.75, 3.05) is 36.0 Å². The molecule has 42 heavy (non-hydrogen) atoms. The quantitative estimate of drug-likeness (QED) is 0.331. The van der Waals surface area contributed by atoms with Crippen LogP contribution in [-0.2, 0) is 17.7 Å². The molecule has 1 amide bonds. The lowest BCUT2D eigenvalue weighted by Crippen LogP contribution is -2.55. The largest absolute Gasteiger partial charge is 0.444 e. The Bertz CT molecular complexity index is 1450. The number of carbonyl (C=O) groups is 1. The number of amides is 1. The highest BCUT2D eigenvalue weighted by Gasteiger charge is 2.34. The highest BCUT2D eigenvalue weighted by atomic mass is 16.6. The molecule has 2 aromatic carbocycles. The first-order valence-corrected chi connectivity index (χ1v) is 15.4. The monoisotopic (exact) mass is 569 g/mol. The van der Waals surface area contributed by atoms with Crippen LogP contribution >= 0.6 is 0 Å². The third-order valence-corrected chi connectivity index (χ3v) is 8.53. The summed E-state index contributed by atoms with van der Waals surface area (Å²) in [7, 11) is 0. The van der Waals surface area contributed by atoms with Crippen molar-refractivity contribution in [3.05, 3.63) is 69.9 Å². The summed E-state index contributed by atoms with van der Waals surface area (Å²) in [6.45, 7) is 22.5. The molecule has 3 heterocycles. The van der Waals surface area contributed by atoms with Crippen molar-refractivity contribution in [1.29, 1.82) is 0 Å². The lowest BCUT2D eigenvalue weighted by molar-refractivity contribution is 0.0218. The molecule has 0 N–H and O–H groups in total. The van der Waals surface area contributed by atoms with Crippen LogP contribution in [0.1, 0.15) is 81.0 Å². The van der Waals surface area contributed by atoms with Gasteiger partial charge in [0, 0.05) is 62.0 Å². The van der Waals surface area contributed by atoms with Gasteiger partial charge in [-0.25, -0.2) is 14.8 Å². The lowest BCUT2D eigenvalue weighted by Gasteiger charge is -2.42. The fourth-order valence-electron chi connectivity index (χ4n) is 6.21. The maximum absolute atomic E-state index is 12.9. The maximum Gasteiger partial charge on any atom is 0.410 e. The predicted octanol–water partition coefficient (Wildman–Crippen LogP) is 7.20. The van der Waals surface area contributed by atoms with Crippen molar-refractivity contribution in [2.24, 2.45) is 0 Å². The smallest absolute Gasteiger partial charge is 0.410 e. The maximum atomic E-state index is 12.9. The van der Waals surface area contributed by atoms with Gasteiger partial charge in [0.05, 0.1) is 5.69 Å². The van der Waals surface area contributed by atoms with Crippen LogP contribution in [0.3, 0.4) is 0 Å². The molecule has 0 spiro atoms. The summed E-state index contributed by atoms with van der Waals surface area (Å²) in [5.41, 5.74) is 9.23. The van der Waals surface area contributed by atoms with Crippen LogP contribution in [0.15, 0.2) is 36.4 Å². The van der Waals surface area contributed by atoms with Crippen LogP contribution in [0.5, 0.6) is 0 Å². The second-order valence-electron chi connectivity index (χ2n) is 13.4. The fraction of sp³-hybridized carbons (Fsp3) is 0.514. The molecular weight excluding hydrogens is 522 g/mol. The van der Waals surface area contributed by atoms with Gasteiger partial charge in [0.2, 0.25) is 0 Å². The Balaban J connectivity index is 1.54. The number of ether oxygens (including phenoxy) is 1. The van der Waals surface area contributed by atoms with Gasteiger partial charge < -0.3 is 19.4 Å². The van der Waals surface area contributed by atoms with E-state index in [2.05, 4.69) is 87.7 Å². The second-order valence-corrected chi connectivity index (χ2v) is 13.4. The molecule has 7 nitrogen and oxygen atoms in total. The molecule has 1 fully saturated rings. The van der Waals surface area contributed by atoms with Gasteiger partial charge in [-0.05, 0) is 82.7 Å². The number of piperazine rings is 1. The summed E-state index contributed by atoms with van der Waals surface area (Å²) in [6.07, 6.45) is 0.613. The van der Waals surface area contributed by atoms with Gasteiger partial charge in [0.25, 0.3) is 0 Å². The zero-order valence-corrected chi connectivity index (χ0v) is 26.9. The van der Waals surface area contributed by atoms with E-state index in [1.165, 1.54) is 33.5 Å². The summed E-state index contributed by atoms with van der Waals surface area (Å²) < 4.78 is 5.70. The number of rotatable bonds is 4. The molecule has 1 atom stereocenters. The van der Waals surface area contributed by atoms with E-state index in [1.54, 1.807) is 0 Å². The Morgan fingerprint density at radius 2 is 1.69 bits per heavy atom. The molecule has 5 rings (SSSR count). The van der Waals surface area contributed by atoms with Crippen molar-refractivity contribution < 1.29 is 9.53 Å². The Kier molecular flexibility index (Phi) is 8.23. The molecule has 0 saturated carbocycles. The van der Waals surface area contributed by atoms with Gasteiger partial charge in [-0.3, -0.25) is 0 Å². The van der Waals surface area contributed by atoms with E-state index in [0.29, 0.717) is 25.6 Å². The SMILES string of the molecule is Cc1ccc(C(C)C)cc1N1CCc2nc(-c3c(C)cccc3C)nc(N3CCN(C(=O)OC(C)(C)C)CC3C)c2C1. The standard InChI is InChI=1S/C35H47N5O2/c1-22(2)27-14-13-23(3)30(19-27)38-16-15-29-28(21-38)33(37-32(36-29)31-24(4)11-10-12-25(31)5)40-18-17-39(20-26(40)6)34(41)42-35(7,8)9/h10-14,19,22,26H,15-18,20-21H2,1-9H3. The highest BCUT2D eigenvalue weighted by molar-refractivity contribution is 5.70. The normalized spacial score (nSPS) is 17.5. The Hall–Kier alpha value is -3.61. The third-order valence-electron chi connectivity index (χ3n) is 8.53. The first kappa shape index (κ1) is 29.9. The Morgan fingerprint density at radius 3 is 2.33 bits per heavy atom. The fourth-order valence-corrected chi connectivity index (χ4v) is 6.21. The summed E-state index contributed by atoms with van der Waals surface area (Å²) in [4.78, 5) is 30.2. The van der Waals surface area contributed by atoms with E-state index < -0.39 is 5.60 Å². The zero-order chi connectivity index (χ0) is 30.3. The van der Waals surface area contributed by atoms with Crippen LogP contribution in [0.4, 0.5) is 16.3 Å². The number of carbonyl (C=O) groups excluding carboxylic acids is 1. The molecule has 0 bridgehead atoms. The lowest BCUT2D eigenvalue weighted by atomic mass is 9.97. The molecule has 224 valence electrons. The summed E-state index contributed by atoms with van der Waals surface area (Å²) in [5, 5.41) is 0. The molecule has 0 aliphatic carbocycles. The molecule has 2 aliphatic rings. The van der Waals surface area contributed by atoms with E-state index in [-0.39, 0.29) is 12.1 Å². The van der Waals surface area contributed by atoms with Crippen molar-refractivity contribution in [3.63, 3.8) is 0 Å². The van der Waals surface area contributed by atoms with Gasteiger partial charge in [0.1, 0.15) is 11.4 Å². The molecule has 1 saturated heterocycles. The van der Waals surface area contributed by atoms with Gasteiger partial charge >= 0.3 is 6.09 Å². The molecule has 1 aromatic heterocycles. The number of fused-ring (bicyclic) bond motifs is 1. The minimum absolute atomic E-state index is 0.0810. The molecule has 2 aliphatic heterocycles. The number of aryl methyl sites for hydroxylation is 3. The second kappa shape index (κ2) is 11.6. The van der Waals surface area contributed by atoms with Crippen LogP contribution in [0, 0.1) is 20.8 Å². The number of nitrogens with zero attached hydrogens (tertiary/aromatic N) is 5. The van der Waals surface area contributed by atoms with Crippen LogP contribution in [0.25, 0.3) is 11.4 Å². The van der Waals surface area contributed by atoms with Crippen molar-refractivity contribution in [2.45, 2.75) is 92.8 Å². The van der Waals surface area contributed by atoms with E-state index in [9.17, 15) is 4.79 Å². The number of hydrogen-bond acceptors (Lipinski definition) is 6.